The normalized spacial score (nSPS) is 32.3. The summed E-state index contributed by atoms with van der Waals surface area (Å²) in [4.78, 5) is 13.6. The van der Waals surface area contributed by atoms with Gasteiger partial charge in [-0.25, -0.2) is 4.79 Å². The molecule has 160 valence electrons. The monoisotopic (exact) mass is 430 g/mol. The number of nitrogens with one attached hydrogen (secondary N) is 1. The molecule has 1 aliphatic carbocycles. The van der Waals surface area contributed by atoms with E-state index in [1.807, 2.05) is 18.2 Å². The van der Waals surface area contributed by atoms with Crippen LogP contribution in [0.25, 0.3) is 0 Å². The predicted molar refractivity (Wildman–Crippen MR) is 114 cm³/mol. The van der Waals surface area contributed by atoms with E-state index in [-0.39, 0.29) is 5.41 Å². The van der Waals surface area contributed by atoms with Crippen LogP contribution in [-0.4, -0.2) is 61.7 Å². The minimum atomic E-state index is -1.20. The molecular weight excluding hydrogens is 404 g/mol. The summed E-state index contributed by atoms with van der Waals surface area (Å²) >= 11 is 6.69. The quantitative estimate of drug-likeness (QED) is 0.587. The summed E-state index contributed by atoms with van der Waals surface area (Å²) in [5.41, 5.74) is 1.99. The molecule has 3 heterocycles. The summed E-state index contributed by atoms with van der Waals surface area (Å²) in [7, 11) is 1.37. The second-order valence-corrected chi connectivity index (χ2v) is 9.33. The molecule has 1 aromatic carbocycles. The SMILES string of the molecule is COC(=O)C1(Cl)C=CC2=C(C1)N(C[C@@H]1CCN1)CC1(CCOc3ccccc31)CO2. The lowest BCUT2D eigenvalue weighted by Gasteiger charge is -2.43. The number of para-hydroxylation sites is 1. The van der Waals surface area contributed by atoms with E-state index < -0.39 is 10.8 Å². The minimum Gasteiger partial charge on any atom is -0.493 e. The van der Waals surface area contributed by atoms with E-state index in [1.165, 1.54) is 12.7 Å². The zero-order chi connectivity index (χ0) is 20.8. The van der Waals surface area contributed by atoms with Crippen molar-refractivity contribution >= 4 is 17.6 Å². The number of fused-ring (bicyclic) bond motifs is 2. The standard InChI is InChI=1S/C23H27ClN2O4/c1-28-21(27)23(24)8-6-20-18(12-23)26(13-16-7-10-25-16)14-22(15-30-20)9-11-29-19-5-3-2-4-17(19)22/h2-6,8,16,25H,7,9-15H2,1H3/t16-,22?,23?/m0/s1. The van der Waals surface area contributed by atoms with Gasteiger partial charge in [-0.1, -0.05) is 18.2 Å². The maximum Gasteiger partial charge on any atom is 0.331 e. The van der Waals surface area contributed by atoms with Gasteiger partial charge in [-0.3, -0.25) is 0 Å². The summed E-state index contributed by atoms with van der Waals surface area (Å²) in [6.45, 7) is 3.93. The van der Waals surface area contributed by atoms with Gasteiger partial charge in [0.25, 0.3) is 0 Å². The first-order chi connectivity index (χ1) is 14.5. The molecule has 7 heteroatoms. The molecule has 1 N–H and O–H groups in total. The van der Waals surface area contributed by atoms with Crippen LogP contribution in [0.15, 0.2) is 47.9 Å². The molecule has 0 amide bonds. The Morgan fingerprint density at radius 3 is 2.97 bits per heavy atom. The van der Waals surface area contributed by atoms with Crippen LogP contribution in [-0.2, 0) is 19.7 Å². The van der Waals surface area contributed by atoms with Gasteiger partial charge in [-0.15, -0.1) is 11.6 Å². The van der Waals surface area contributed by atoms with E-state index in [9.17, 15) is 4.79 Å². The number of hydrogen-bond acceptors (Lipinski definition) is 6. The number of alkyl halides is 1. The van der Waals surface area contributed by atoms with Crippen molar-refractivity contribution < 1.29 is 19.0 Å². The highest BCUT2D eigenvalue weighted by atomic mass is 35.5. The number of hydrogen-bond donors (Lipinski definition) is 1. The number of halogens is 1. The van der Waals surface area contributed by atoms with Crippen molar-refractivity contribution in [3.05, 3.63) is 53.4 Å². The molecule has 0 bridgehead atoms. The second-order valence-electron chi connectivity index (χ2n) is 8.66. The van der Waals surface area contributed by atoms with E-state index in [4.69, 9.17) is 25.8 Å². The molecule has 4 aliphatic rings. The van der Waals surface area contributed by atoms with Gasteiger partial charge in [-0.2, -0.15) is 0 Å². The molecule has 1 aromatic rings. The van der Waals surface area contributed by atoms with E-state index in [2.05, 4.69) is 22.3 Å². The molecule has 6 nitrogen and oxygen atoms in total. The van der Waals surface area contributed by atoms with Crippen molar-refractivity contribution in [1.82, 2.24) is 10.2 Å². The summed E-state index contributed by atoms with van der Waals surface area (Å²) in [5, 5.41) is 3.50. The third-order valence-electron chi connectivity index (χ3n) is 6.78. The Kier molecular flexibility index (Phi) is 4.94. The Labute approximate surface area is 181 Å². The second kappa shape index (κ2) is 7.50. The summed E-state index contributed by atoms with van der Waals surface area (Å²) in [6.07, 6.45) is 5.93. The minimum absolute atomic E-state index is 0.177. The lowest BCUT2D eigenvalue weighted by Crippen LogP contribution is -2.53. The smallest absolute Gasteiger partial charge is 0.331 e. The number of rotatable bonds is 3. The number of nitrogens with zero attached hydrogens (tertiary/aromatic N) is 1. The maximum absolute atomic E-state index is 12.4. The fraction of sp³-hybridized carbons (Fsp3) is 0.522. The number of carbonyl (C=O) groups is 1. The van der Waals surface area contributed by atoms with Gasteiger partial charge in [-0.05, 0) is 37.6 Å². The van der Waals surface area contributed by atoms with Gasteiger partial charge in [0.1, 0.15) is 11.5 Å². The Morgan fingerprint density at radius 2 is 2.20 bits per heavy atom. The van der Waals surface area contributed by atoms with Crippen molar-refractivity contribution in [2.45, 2.75) is 35.6 Å². The topological polar surface area (TPSA) is 60.0 Å². The molecule has 0 saturated carbocycles. The van der Waals surface area contributed by atoms with E-state index >= 15 is 0 Å². The molecule has 2 unspecified atom stereocenters. The van der Waals surface area contributed by atoms with Gasteiger partial charge in [0, 0.05) is 31.1 Å². The zero-order valence-electron chi connectivity index (χ0n) is 17.2. The fourth-order valence-corrected chi connectivity index (χ4v) is 5.17. The molecule has 1 saturated heterocycles. The highest BCUT2D eigenvalue weighted by Gasteiger charge is 2.47. The van der Waals surface area contributed by atoms with Gasteiger partial charge in [0.15, 0.2) is 4.87 Å². The van der Waals surface area contributed by atoms with Gasteiger partial charge in [0.05, 0.1) is 31.4 Å². The van der Waals surface area contributed by atoms with E-state index in [1.54, 1.807) is 6.08 Å². The molecule has 0 aromatic heterocycles. The molecule has 1 spiro atoms. The first-order valence-electron chi connectivity index (χ1n) is 10.6. The van der Waals surface area contributed by atoms with Crippen LogP contribution in [0.3, 0.4) is 0 Å². The van der Waals surface area contributed by atoms with Crippen LogP contribution in [0.1, 0.15) is 24.8 Å². The molecule has 1 fully saturated rings. The molecule has 3 atom stereocenters. The van der Waals surface area contributed by atoms with Crippen LogP contribution in [0.2, 0.25) is 0 Å². The van der Waals surface area contributed by atoms with Crippen LogP contribution < -0.4 is 10.1 Å². The first-order valence-corrected chi connectivity index (χ1v) is 10.9. The highest BCUT2D eigenvalue weighted by Crippen LogP contribution is 2.45. The van der Waals surface area contributed by atoms with Gasteiger partial charge in [0.2, 0.25) is 0 Å². The summed E-state index contributed by atoms with van der Waals surface area (Å²) in [5.74, 6) is 1.30. The van der Waals surface area contributed by atoms with Crippen molar-refractivity contribution in [2.75, 3.05) is 40.0 Å². The van der Waals surface area contributed by atoms with Gasteiger partial charge >= 0.3 is 5.97 Å². The van der Waals surface area contributed by atoms with Crippen molar-refractivity contribution in [2.24, 2.45) is 0 Å². The van der Waals surface area contributed by atoms with Crippen LogP contribution in [0.5, 0.6) is 5.75 Å². The lowest BCUT2D eigenvalue weighted by atomic mass is 9.76. The highest BCUT2D eigenvalue weighted by molar-refractivity contribution is 6.35. The van der Waals surface area contributed by atoms with E-state index in [0.29, 0.717) is 25.7 Å². The Balaban J connectivity index is 1.52. The molecule has 5 rings (SSSR count). The predicted octanol–water partition coefficient (Wildman–Crippen LogP) is 2.72. The van der Waals surface area contributed by atoms with Crippen LogP contribution in [0.4, 0.5) is 0 Å². The Bertz CT molecular complexity index is 912. The van der Waals surface area contributed by atoms with E-state index in [0.717, 1.165) is 49.7 Å². The van der Waals surface area contributed by atoms with Crippen molar-refractivity contribution in [3.8, 4) is 5.75 Å². The first kappa shape index (κ1) is 19.8. The molecule has 30 heavy (non-hydrogen) atoms. The molecule has 0 radical (unpaired) electrons. The fourth-order valence-electron chi connectivity index (χ4n) is 4.91. The third kappa shape index (κ3) is 3.26. The van der Waals surface area contributed by atoms with Crippen molar-refractivity contribution in [3.63, 3.8) is 0 Å². The number of ether oxygens (including phenoxy) is 3. The Hall–Kier alpha value is -2.18. The number of esters is 1. The zero-order valence-corrected chi connectivity index (χ0v) is 17.9. The third-order valence-corrected chi connectivity index (χ3v) is 7.19. The number of carbonyl (C=O) groups excluding carboxylic acids is 1. The van der Waals surface area contributed by atoms with Crippen LogP contribution in [0, 0.1) is 0 Å². The van der Waals surface area contributed by atoms with Crippen LogP contribution >= 0.6 is 11.6 Å². The van der Waals surface area contributed by atoms with Gasteiger partial charge < -0.3 is 24.4 Å². The van der Waals surface area contributed by atoms with Crippen molar-refractivity contribution in [1.29, 1.82) is 0 Å². The number of methoxy groups -OCH3 is 1. The average molecular weight is 431 g/mol. The maximum atomic E-state index is 12.4. The number of benzene rings is 1. The molecule has 3 aliphatic heterocycles. The Morgan fingerprint density at radius 1 is 1.37 bits per heavy atom. The summed E-state index contributed by atoms with van der Waals surface area (Å²) in [6, 6.07) is 8.69. The average Bonchev–Trinajstić information content (AvgIpc) is 2.88. The molecular formula is C23H27ClN2O4. The summed E-state index contributed by atoms with van der Waals surface area (Å²) < 4.78 is 17.3. The lowest BCUT2D eigenvalue weighted by molar-refractivity contribution is -0.142. The number of allylic oxidation sites excluding steroid dienone is 2. The largest absolute Gasteiger partial charge is 0.493 e.